The standard InChI is InChI=1S/C14H21F2N3O/c1-10-6-7-12(20-13(15)16)11(8-10)9-17-14(18(2)3)19(4)5/h6-8,13H,9H2,1-5H3. The van der Waals surface area contributed by atoms with Gasteiger partial charge in [-0.1, -0.05) is 17.7 Å². The highest BCUT2D eigenvalue weighted by molar-refractivity contribution is 5.79. The van der Waals surface area contributed by atoms with Crippen molar-refractivity contribution in [3.05, 3.63) is 29.3 Å². The molecule has 1 rings (SSSR count). The molecule has 0 saturated heterocycles. The van der Waals surface area contributed by atoms with Crippen molar-refractivity contribution >= 4 is 5.96 Å². The van der Waals surface area contributed by atoms with Gasteiger partial charge >= 0.3 is 6.61 Å². The van der Waals surface area contributed by atoms with Gasteiger partial charge in [-0.15, -0.1) is 0 Å². The largest absolute Gasteiger partial charge is 0.434 e. The summed E-state index contributed by atoms with van der Waals surface area (Å²) in [4.78, 5) is 8.17. The summed E-state index contributed by atoms with van der Waals surface area (Å²) in [5, 5.41) is 0. The third-order valence-electron chi connectivity index (χ3n) is 2.62. The Morgan fingerprint density at radius 1 is 1.20 bits per heavy atom. The van der Waals surface area contributed by atoms with Gasteiger partial charge in [-0.3, -0.25) is 0 Å². The lowest BCUT2D eigenvalue weighted by Gasteiger charge is -2.22. The van der Waals surface area contributed by atoms with E-state index in [1.807, 2.05) is 51.0 Å². The zero-order valence-corrected chi connectivity index (χ0v) is 12.5. The summed E-state index contributed by atoms with van der Waals surface area (Å²) in [5.74, 6) is 0.931. The molecule has 20 heavy (non-hydrogen) atoms. The second-order valence-corrected chi connectivity index (χ2v) is 4.89. The summed E-state index contributed by atoms with van der Waals surface area (Å²) in [6.07, 6.45) is 0. The Morgan fingerprint density at radius 2 is 1.80 bits per heavy atom. The lowest BCUT2D eigenvalue weighted by atomic mass is 10.1. The Kier molecular flexibility index (Phi) is 5.73. The highest BCUT2D eigenvalue weighted by Crippen LogP contribution is 2.23. The maximum absolute atomic E-state index is 12.4. The predicted molar refractivity (Wildman–Crippen MR) is 76.3 cm³/mol. The van der Waals surface area contributed by atoms with Gasteiger partial charge < -0.3 is 14.5 Å². The Labute approximate surface area is 118 Å². The molecule has 0 amide bonds. The van der Waals surface area contributed by atoms with Crippen molar-refractivity contribution in [1.29, 1.82) is 0 Å². The van der Waals surface area contributed by atoms with E-state index >= 15 is 0 Å². The zero-order chi connectivity index (χ0) is 15.3. The van der Waals surface area contributed by atoms with Gasteiger partial charge in [0.2, 0.25) is 0 Å². The maximum Gasteiger partial charge on any atom is 0.387 e. The minimum atomic E-state index is -2.83. The van der Waals surface area contributed by atoms with Crippen LogP contribution < -0.4 is 4.74 Å². The van der Waals surface area contributed by atoms with E-state index in [2.05, 4.69) is 9.73 Å². The number of hydrogen-bond donors (Lipinski definition) is 0. The molecule has 0 aliphatic heterocycles. The number of guanidine groups is 1. The van der Waals surface area contributed by atoms with Crippen LogP contribution in [0.25, 0.3) is 0 Å². The molecule has 0 aliphatic carbocycles. The van der Waals surface area contributed by atoms with E-state index in [1.54, 1.807) is 12.1 Å². The van der Waals surface area contributed by atoms with Crippen LogP contribution in [0.2, 0.25) is 0 Å². The number of alkyl halides is 2. The summed E-state index contributed by atoms with van der Waals surface area (Å²) in [6.45, 7) is -0.643. The van der Waals surface area contributed by atoms with Crippen molar-refractivity contribution in [2.24, 2.45) is 4.99 Å². The second-order valence-electron chi connectivity index (χ2n) is 4.89. The van der Waals surface area contributed by atoms with Crippen LogP contribution in [0.1, 0.15) is 11.1 Å². The summed E-state index contributed by atoms with van der Waals surface area (Å²) in [6, 6.07) is 5.10. The number of rotatable bonds is 4. The normalized spacial score (nSPS) is 10.4. The molecule has 1 aromatic carbocycles. The van der Waals surface area contributed by atoms with Crippen LogP contribution in [-0.2, 0) is 6.54 Å². The number of halogens is 2. The number of hydrogen-bond acceptors (Lipinski definition) is 2. The Balaban J connectivity index is 3.00. The molecule has 0 spiro atoms. The average molecular weight is 285 g/mol. The third kappa shape index (κ3) is 4.68. The maximum atomic E-state index is 12.4. The Bertz CT molecular complexity index is 463. The van der Waals surface area contributed by atoms with Crippen LogP contribution in [0.15, 0.2) is 23.2 Å². The van der Waals surface area contributed by atoms with E-state index in [0.29, 0.717) is 5.56 Å². The van der Waals surface area contributed by atoms with Gasteiger partial charge in [-0.2, -0.15) is 8.78 Å². The molecule has 4 nitrogen and oxygen atoms in total. The molecule has 0 unspecified atom stereocenters. The van der Waals surface area contributed by atoms with Gasteiger partial charge in [-0.05, 0) is 13.0 Å². The van der Waals surface area contributed by atoms with Crippen LogP contribution in [0.4, 0.5) is 8.78 Å². The summed E-state index contributed by atoms with van der Waals surface area (Å²) >= 11 is 0. The molecule has 0 aromatic heterocycles. The molecule has 0 N–H and O–H groups in total. The highest BCUT2D eigenvalue weighted by atomic mass is 19.3. The molecular formula is C14H21F2N3O. The molecule has 0 atom stereocenters. The molecular weight excluding hydrogens is 264 g/mol. The van der Waals surface area contributed by atoms with E-state index < -0.39 is 6.61 Å². The van der Waals surface area contributed by atoms with Crippen molar-refractivity contribution in [3.63, 3.8) is 0 Å². The molecule has 0 bridgehead atoms. The van der Waals surface area contributed by atoms with Gasteiger partial charge in [0.25, 0.3) is 0 Å². The fraction of sp³-hybridized carbons (Fsp3) is 0.500. The van der Waals surface area contributed by atoms with Crippen molar-refractivity contribution in [2.75, 3.05) is 28.2 Å². The SMILES string of the molecule is Cc1ccc(OC(F)F)c(CN=C(N(C)C)N(C)C)c1. The molecule has 112 valence electrons. The number of benzene rings is 1. The minimum absolute atomic E-state index is 0.172. The molecule has 0 fully saturated rings. The number of nitrogens with zero attached hydrogens (tertiary/aromatic N) is 3. The number of aliphatic imine (C=N–C) groups is 1. The first-order valence-corrected chi connectivity index (χ1v) is 6.24. The van der Waals surface area contributed by atoms with E-state index in [9.17, 15) is 8.78 Å². The topological polar surface area (TPSA) is 28.1 Å². The second kappa shape index (κ2) is 7.07. The van der Waals surface area contributed by atoms with Crippen molar-refractivity contribution in [2.45, 2.75) is 20.1 Å². The van der Waals surface area contributed by atoms with E-state index in [-0.39, 0.29) is 12.3 Å². The third-order valence-corrected chi connectivity index (χ3v) is 2.62. The first kappa shape index (κ1) is 16.2. The number of aryl methyl sites for hydroxylation is 1. The molecule has 0 saturated carbocycles. The van der Waals surface area contributed by atoms with Gasteiger partial charge in [0.05, 0.1) is 6.54 Å². The highest BCUT2D eigenvalue weighted by Gasteiger charge is 2.11. The molecule has 1 aromatic rings. The van der Waals surface area contributed by atoms with Crippen molar-refractivity contribution in [3.8, 4) is 5.75 Å². The smallest absolute Gasteiger partial charge is 0.387 e. The molecule has 6 heteroatoms. The Hall–Kier alpha value is -1.85. The first-order chi connectivity index (χ1) is 9.31. The van der Waals surface area contributed by atoms with Crippen LogP contribution in [-0.4, -0.2) is 50.6 Å². The first-order valence-electron chi connectivity index (χ1n) is 6.24. The van der Waals surface area contributed by atoms with E-state index in [4.69, 9.17) is 0 Å². The van der Waals surface area contributed by atoms with Crippen LogP contribution in [0.3, 0.4) is 0 Å². The monoisotopic (exact) mass is 285 g/mol. The zero-order valence-electron chi connectivity index (χ0n) is 12.5. The fourth-order valence-electron chi connectivity index (χ4n) is 1.88. The van der Waals surface area contributed by atoms with E-state index in [0.717, 1.165) is 11.5 Å². The van der Waals surface area contributed by atoms with Gasteiger partial charge in [0.15, 0.2) is 5.96 Å². The summed E-state index contributed by atoms with van der Waals surface area (Å²) in [7, 11) is 7.52. The molecule has 0 heterocycles. The predicted octanol–water partition coefficient (Wildman–Crippen LogP) is 2.58. The lowest BCUT2D eigenvalue weighted by Crippen LogP contribution is -2.35. The molecule has 0 radical (unpaired) electrons. The number of ether oxygens (including phenoxy) is 1. The van der Waals surface area contributed by atoms with Gasteiger partial charge in [-0.25, -0.2) is 4.99 Å². The van der Waals surface area contributed by atoms with Crippen LogP contribution in [0, 0.1) is 6.92 Å². The van der Waals surface area contributed by atoms with E-state index in [1.165, 1.54) is 0 Å². The van der Waals surface area contributed by atoms with Crippen molar-refractivity contribution < 1.29 is 13.5 Å². The quantitative estimate of drug-likeness (QED) is 0.629. The lowest BCUT2D eigenvalue weighted by molar-refractivity contribution is -0.0504. The van der Waals surface area contributed by atoms with Gasteiger partial charge in [0, 0.05) is 33.8 Å². The van der Waals surface area contributed by atoms with Crippen LogP contribution in [0.5, 0.6) is 5.75 Å². The molecule has 0 aliphatic rings. The summed E-state index contributed by atoms with van der Waals surface area (Å²) < 4.78 is 29.3. The fourth-order valence-corrected chi connectivity index (χ4v) is 1.88. The summed E-state index contributed by atoms with van der Waals surface area (Å²) in [5.41, 5.74) is 1.62. The van der Waals surface area contributed by atoms with Crippen molar-refractivity contribution in [1.82, 2.24) is 9.80 Å². The average Bonchev–Trinajstić information content (AvgIpc) is 2.31. The Morgan fingerprint density at radius 3 is 2.30 bits per heavy atom. The minimum Gasteiger partial charge on any atom is -0.434 e. The van der Waals surface area contributed by atoms with Gasteiger partial charge in [0.1, 0.15) is 5.75 Å². The van der Waals surface area contributed by atoms with Crippen LogP contribution >= 0.6 is 0 Å².